The van der Waals surface area contributed by atoms with Crippen molar-refractivity contribution < 1.29 is 4.79 Å². The summed E-state index contributed by atoms with van der Waals surface area (Å²) in [5.41, 5.74) is 6.13. The minimum atomic E-state index is -0.392. The summed E-state index contributed by atoms with van der Waals surface area (Å²) >= 11 is 12.3. The Morgan fingerprint density at radius 1 is 1.00 bits per heavy atom. The molecule has 0 unspecified atom stereocenters. The molecule has 5 nitrogen and oxygen atoms in total. The first-order chi connectivity index (χ1) is 13.6. The molecule has 1 aliphatic heterocycles. The summed E-state index contributed by atoms with van der Waals surface area (Å²) in [4.78, 5) is 17.4. The summed E-state index contributed by atoms with van der Waals surface area (Å²) in [6, 6.07) is 22.2. The molecule has 0 radical (unpaired) electrons. The maximum atomic E-state index is 12.9. The lowest BCUT2D eigenvalue weighted by Gasteiger charge is -2.25. The van der Waals surface area contributed by atoms with Gasteiger partial charge in [0.15, 0.2) is 0 Å². The summed E-state index contributed by atoms with van der Waals surface area (Å²) in [5, 5.41) is 5.73. The fourth-order valence-electron chi connectivity index (χ4n) is 2.88. The van der Waals surface area contributed by atoms with Crippen LogP contribution in [0, 0.1) is 0 Å². The molecule has 0 saturated heterocycles. The molecule has 0 bridgehead atoms. The fourth-order valence-corrected chi connectivity index (χ4v) is 3.26. The second-order valence-corrected chi connectivity index (χ2v) is 7.04. The van der Waals surface area contributed by atoms with Crippen molar-refractivity contribution in [3.8, 4) is 0 Å². The molecule has 0 aromatic heterocycles. The molecule has 0 spiro atoms. The number of fused-ring (bicyclic) bond motifs is 1. The number of amides is 1. The van der Waals surface area contributed by atoms with E-state index in [1.54, 1.807) is 36.4 Å². The van der Waals surface area contributed by atoms with Crippen molar-refractivity contribution in [2.45, 2.75) is 6.54 Å². The molecule has 1 amide bonds. The average molecular weight is 411 g/mol. The number of anilines is 2. The van der Waals surface area contributed by atoms with Crippen molar-refractivity contribution in [2.75, 3.05) is 10.3 Å². The van der Waals surface area contributed by atoms with E-state index >= 15 is 0 Å². The number of aliphatic imine (C=N–C) groups is 1. The average Bonchev–Trinajstić information content (AvgIpc) is 2.90. The lowest BCUT2D eigenvalue weighted by molar-refractivity contribution is -0.110. The second kappa shape index (κ2) is 7.92. The van der Waals surface area contributed by atoms with Crippen LogP contribution in [-0.2, 0) is 11.3 Å². The van der Waals surface area contributed by atoms with Crippen LogP contribution in [0.15, 0.2) is 77.8 Å². The molecule has 7 heteroatoms. The van der Waals surface area contributed by atoms with Gasteiger partial charge in [0.2, 0.25) is 5.84 Å². The van der Waals surface area contributed by atoms with E-state index in [1.807, 2.05) is 41.4 Å². The molecule has 0 fully saturated rings. The van der Waals surface area contributed by atoms with E-state index in [4.69, 9.17) is 23.2 Å². The molecule has 1 heterocycles. The van der Waals surface area contributed by atoms with Crippen LogP contribution in [0.1, 0.15) is 5.56 Å². The van der Waals surface area contributed by atoms with Crippen LogP contribution >= 0.6 is 23.2 Å². The first-order valence-electron chi connectivity index (χ1n) is 8.62. The molecular weight excluding hydrogens is 395 g/mol. The minimum absolute atomic E-state index is 0.157. The monoisotopic (exact) mass is 410 g/mol. The highest BCUT2D eigenvalue weighted by Crippen LogP contribution is 2.28. The second-order valence-electron chi connectivity index (χ2n) is 6.20. The number of nitrogens with one attached hydrogen (secondary N) is 2. The Kier molecular flexibility index (Phi) is 5.19. The summed E-state index contributed by atoms with van der Waals surface area (Å²) in [6.45, 7) is 0.492. The van der Waals surface area contributed by atoms with Gasteiger partial charge in [-0.15, -0.1) is 0 Å². The number of halogens is 2. The summed E-state index contributed by atoms with van der Waals surface area (Å²) in [5.74, 6) is -0.235. The van der Waals surface area contributed by atoms with E-state index in [2.05, 4.69) is 15.7 Å². The van der Waals surface area contributed by atoms with Gasteiger partial charge in [-0.05, 0) is 42.5 Å². The van der Waals surface area contributed by atoms with Crippen LogP contribution in [0.4, 0.5) is 17.1 Å². The standard InChI is InChI=1S/C21H16Cl2N4O/c22-15-10-11-18-14(12-15)13-27(16-6-2-1-3-7-16)26-20(24-18)21(28)25-19-9-5-4-8-17(19)23/h1-12H,13H2,(H,24,26)(H,25,28). The van der Waals surface area contributed by atoms with Gasteiger partial charge >= 0.3 is 0 Å². The predicted octanol–water partition coefficient (Wildman–Crippen LogP) is 5.19. The zero-order valence-electron chi connectivity index (χ0n) is 14.7. The van der Waals surface area contributed by atoms with Gasteiger partial charge in [-0.25, -0.2) is 4.99 Å². The van der Waals surface area contributed by atoms with Gasteiger partial charge in [-0.1, -0.05) is 53.5 Å². The smallest absolute Gasteiger partial charge is 0.292 e. The molecule has 28 heavy (non-hydrogen) atoms. The third-order valence-corrected chi connectivity index (χ3v) is 4.81. The van der Waals surface area contributed by atoms with Crippen LogP contribution in [0.25, 0.3) is 0 Å². The van der Waals surface area contributed by atoms with Gasteiger partial charge in [0.1, 0.15) is 0 Å². The molecule has 0 atom stereocenters. The first-order valence-corrected chi connectivity index (χ1v) is 9.38. The number of carbonyl (C=O) groups is 1. The van der Waals surface area contributed by atoms with Crippen molar-refractivity contribution in [3.63, 3.8) is 0 Å². The van der Waals surface area contributed by atoms with Crippen LogP contribution in [0.3, 0.4) is 0 Å². The van der Waals surface area contributed by atoms with Crippen molar-refractivity contribution in [3.05, 3.63) is 88.4 Å². The molecule has 1 aliphatic rings. The zero-order valence-corrected chi connectivity index (χ0v) is 16.2. The maximum Gasteiger partial charge on any atom is 0.292 e. The van der Waals surface area contributed by atoms with E-state index in [-0.39, 0.29) is 5.84 Å². The van der Waals surface area contributed by atoms with Gasteiger partial charge in [0.05, 0.1) is 28.6 Å². The predicted molar refractivity (Wildman–Crippen MR) is 114 cm³/mol. The lowest BCUT2D eigenvalue weighted by Crippen LogP contribution is -2.46. The fraction of sp³-hybridized carbons (Fsp3) is 0.0476. The molecule has 0 saturated carbocycles. The van der Waals surface area contributed by atoms with Crippen molar-refractivity contribution in [2.24, 2.45) is 4.99 Å². The molecule has 140 valence electrons. The van der Waals surface area contributed by atoms with Crippen molar-refractivity contribution >= 4 is 52.0 Å². The number of benzene rings is 3. The topological polar surface area (TPSA) is 56.7 Å². The molecule has 3 aromatic rings. The normalized spacial score (nSPS) is 13.1. The number of rotatable bonds is 3. The molecule has 4 rings (SSSR count). The number of carbonyl (C=O) groups excluding carboxylic acids is 1. The number of nitrogens with zero attached hydrogens (tertiary/aromatic N) is 2. The summed E-state index contributed by atoms with van der Waals surface area (Å²) in [7, 11) is 0. The zero-order chi connectivity index (χ0) is 19.5. The lowest BCUT2D eigenvalue weighted by atomic mass is 10.1. The molecule has 3 aromatic carbocycles. The SMILES string of the molecule is O=C(Nc1ccccc1Cl)C1=Nc2ccc(Cl)cc2CN(c2ccccc2)N1. The Morgan fingerprint density at radius 3 is 2.54 bits per heavy atom. The Labute approximate surface area is 172 Å². The highest BCUT2D eigenvalue weighted by atomic mass is 35.5. The van der Waals surface area contributed by atoms with Crippen molar-refractivity contribution in [1.82, 2.24) is 5.43 Å². The quantitative estimate of drug-likeness (QED) is 0.624. The number of hydrogen-bond donors (Lipinski definition) is 2. The maximum absolute atomic E-state index is 12.9. The van der Waals surface area contributed by atoms with E-state index < -0.39 is 5.91 Å². The van der Waals surface area contributed by atoms with Gasteiger partial charge in [-0.3, -0.25) is 15.2 Å². The molecule has 0 aliphatic carbocycles. The first kappa shape index (κ1) is 18.3. The molecular formula is C21H16Cl2N4O. The highest BCUT2D eigenvalue weighted by Gasteiger charge is 2.22. The Hall–Kier alpha value is -3.02. The summed E-state index contributed by atoms with van der Waals surface area (Å²) < 4.78 is 0. The number of amidine groups is 1. The van der Waals surface area contributed by atoms with Gasteiger partial charge < -0.3 is 5.32 Å². The molecule has 2 N–H and O–H groups in total. The van der Waals surface area contributed by atoms with Crippen molar-refractivity contribution in [1.29, 1.82) is 0 Å². The van der Waals surface area contributed by atoms with Crippen LogP contribution in [-0.4, -0.2) is 11.7 Å². The minimum Gasteiger partial charge on any atom is -0.318 e. The highest BCUT2D eigenvalue weighted by molar-refractivity contribution is 6.44. The van der Waals surface area contributed by atoms with Gasteiger partial charge in [0, 0.05) is 10.6 Å². The van der Waals surface area contributed by atoms with E-state index in [0.29, 0.717) is 28.0 Å². The Morgan fingerprint density at radius 2 is 1.75 bits per heavy atom. The van der Waals surface area contributed by atoms with E-state index in [1.165, 1.54) is 0 Å². The Bertz CT molecular complexity index is 1050. The third kappa shape index (κ3) is 3.96. The largest absolute Gasteiger partial charge is 0.318 e. The van der Waals surface area contributed by atoms with E-state index in [0.717, 1.165) is 11.3 Å². The third-order valence-electron chi connectivity index (χ3n) is 4.25. The number of para-hydroxylation sites is 2. The van der Waals surface area contributed by atoms with Crippen LogP contribution in [0.5, 0.6) is 0 Å². The van der Waals surface area contributed by atoms with Gasteiger partial charge in [-0.2, -0.15) is 0 Å². The number of hydrazine groups is 1. The van der Waals surface area contributed by atoms with Crippen LogP contribution in [0.2, 0.25) is 10.0 Å². The number of hydrogen-bond acceptors (Lipinski definition) is 4. The summed E-state index contributed by atoms with van der Waals surface area (Å²) in [6.07, 6.45) is 0. The Balaban J connectivity index is 1.71. The van der Waals surface area contributed by atoms with E-state index in [9.17, 15) is 4.79 Å². The van der Waals surface area contributed by atoms with Gasteiger partial charge in [0.25, 0.3) is 5.91 Å². The van der Waals surface area contributed by atoms with Crippen LogP contribution < -0.4 is 15.8 Å².